The van der Waals surface area contributed by atoms with Crippen molar-refractivity contribution < 1.29 is 13.2 Å². The van der Waals surface area contributed by atoms with Crippen LogP contribution in [-0.4, -0.2) is 38.4 Å². The van der Waals surface area contributed by atoms with Crippen LogP contribution in [0.4, 0.5) is 18.9 Å². The molecule has 5 heterocycles. The number of anilines is 1. The minimum atomic E-state index is -4.57. The van der Waals surface area contributed by atoms with Crippen LogP contribution in [0.5, 0.6) is 0 Å². The van der Waals surface area contributed by atoms with Gasteiger partial charge in [0.05, 0.1) is 34.9 Å². The van der Waals surface area contributed by atoms with Crippen LogP contribution in [0.1, 0.15) is 36.1 Å². The molecule has 0 atom stereocenters. The van der Waals surface area contributed by atoms with Gasteiger partial charge in [-0.05, 0) is 61.2 Å². The Morgan fingerprint density at radius 3 is 2.55 bits per heavy atom. The molecule has 0 radical (unpaired) electrons. The van der Waals surface area contributed by atoms with E-state index >= 15 is 0 Å². The van der Waals surface area contributed by atoms with E-state index in [0.717, 1.165) is 47.7 Å². The number of halogens is 3. The predicted molar refractivity (Wildman–Crippen MR) is 140 cm³/mol. The number of hydrogen-bond donors (Lipinski definition) is 0. The molecule has 0 amide bonds. The smallest absolute Gasteiger partial charge is 0.371 e. The Balaban J connectivity index is 1.45. The predicted octanol–water partition coefficient (Wildman–Crippen LogP) is 5.24. The van der Waals surface area contributed by atoms with Crippen molar-refractivity contribution in [3.8, 4) is 28.2 Å². The summed E-state index contributed by atoms with van der Waals surface area (Å²) in [6.07, 6.45) is 4.92. The average molecular weight is 519 g/mol. The van der Waals surface area contributed by atoms with E-state index in [-0.39, 0.29) is 11.4 Å². The maximum Gasteiger partial charge on any atom is 0.418 e. The summed E-state index contributed by atoms with van der Waals surface area (Å²) in [7, 11) is 1.57. The number of nitrogens with zero attached hydrogens (tertiary/aromatic N) is 6. The van der Waals surface area contributed by atoms with Crippen LogP contribution in [0.25, 0.3) is 28.2 Å². The molecule has 1 aromatic carbocycles. The first-order valence-corrected chi connectivity index (χ1v) is 12.5. The number of hydrogen-bond acceptors (Lipinski definition) is 5. The van der Waals surface area contributed by atoms with Gasteiger partial charge < -0.3 is 9.47 Å². The first-order valence-electron chi connectivity index (χ1n) is 12.5. The van der Waals surface area contributed by atoms with Crippen molar-refractivity contribution in [3.05, 3.63) is 82.3 Å². The Kier molecular flexibility index (Phi) is 5.89. The molecule has 3 aromatic heterocycles. The van der Waals surface area contributed by atoms with Gasteiger partial charge in [0.1, 0.15) is 0 Å². The highest BCUT2D eigenvalue weighted by atomic mass is 19.4. The van der Waals surface area contributed by atoms with Gasteiger partial charge in [-0.2, -0.15) is 13.2 Å². The van der Waals surface area contributed by atoms with Gasteiger partial charge in [-0.25, -0.2) is 4.79 Å². The molecule has 38 heavy (non-hydrogen) atoms. The van der Waals surface area contributed by atoms with Crippen molar-refractivity contribution in [2.75, 3.05) is 18.0 Å². The zero-order valence-corrected chi connectivity index (χ0v) is 20.7. The third kappa shape index (κ3) is 4.29. The fourth-order valence-electron chi connectivity index (χ4n) is 5.18. The van der Waals surface area contributed by atoms with E-state index in [4.69, 9.17) is 0 Å². The van der Waals surface area contributed by atoms with Crippen molar-refractivity contribution in [3.63, 3.8) is 0 Å². The summed E-state index contributed by atoms with van der Waals surface area (Å²) in [4.78, 5) is 28.1. The second kappa shape index (κ2) is 9.27. The lowest BCUT2D eigenvalue weighted by Gasteiger charge is -2.31. The number of piperidine rings is 1. The first-order chi connectivity index (χ1) is 18.3. The van der Waals surface area contributed by atoms with Crippen LogP contribution in [0.3, 0.4) is 0 Å². The van der Waals surface area contributed by atoms with Crippen LogP contribution in [-0.2, 0) is 19.8 Å². The molecule has 10 heteroatoms. The van der Waals surface area contributed by atoms with Gasteiger partial charge in [-0.1, -0.05) is 0 Å². The van der Waals surface area contributed by atoms with E-state index in [2.05, 4.69) is 15.0 Å². The van der Waals surface area contributed by atoms with Crippen molar-refractivity contribution in [2.24, 2.45) is 12.0 Å². The van der Waals surface area contributed by atoms with Crippen molar-refractivity contribution in [1.82, 2.24) is 19.1 Å². The van der Waals surface area contributed by atoms with Crippen molar-refractivity contribution >= 4 is 11.9 Å². The van der Waals surface area contributed by atoms with Gasteiger partial charge in [0.2, 0.25) is 0 Å². The lowest BCUT2D eigenvalue weighted by atomic mass is 10.0. The quantitative estimate of drug-likeness (QED) is 0.371. The number of pyridine rings is 2. The van der Waals surface area contributed by atoms with Crippen LogP contribution in [0, 0.1) is 0 Å². The zero-order chi connectivity index (χ0) is 26.4. The van der Waals surface area contributed by atoms with E-state index in [1.807, 2.05) is 18.2 Å². The number of aryl methyl sites for hydroxylation is 1. The molecule has 1 saturated heterocycles. The van der Waals surface area contributed by atoms with Crippen LogP contribution in [0.15, 0.2) is 64.8 Å². The lowest BCUT2D eigenvalue weighted by molar-refractivity contribution is -0.137. The fraction of sp³-hybridized carbons (Fsp3) is 0.286. The van der Waals surface area contributed by atoms with Gasteiger partial charge in [0.15, 0.2) is 0 Å². The second-order valence-electron chi connectivity index (χ2n) is 9.65. The average Bonchev–Trinajstić information content (AvgIpc) is 3.52. The third-order valence-corrected chi connectivity index (χ3v) is 7.12. The highest BCUT2D eigenvalue weighted by molar-refractivity contribution is 5.86. The summed E-state index contributed by atoms with van der Waals surface area (Å²) in [5, 5.41) is 0. The Hall–Kier alpha value is -4.21. The van der Waals surface area contributed by atoms with Gasteiger partial charge >= 0.3 is 11.9 Å². The molecule has 6 rings (SSSR count). The minimum absolute atomic E-state index is 0.140. The monoisotopic (exact) mass is 518 g/mol. The Labute approximate surface area is 216 Å². The molecule has 0 spiro atoms. The molecule has 2 aliphatic heterocycles. The molecular weight excluding hydrogens is 493 g/mol. The van der Waals surface area contributed by atoms with Gasteiger partial charge in [0, 0.05) is 61.8 Å². The van der Waals surface area contributed by atoms with Gasteiger partial charge in [0.25, 0.3) is 0 Å². The molecule has 1 fully saturated rings. The number of rotatable bonds is 4. The molecule has 2 aliphatic rings. The summed E-state index contributed by atoms with van der Waals surface area (Å²) in [5.41, 5.74) is 3.49. The van der Waals surface area contributed by atoms with E-state index in [0.29, 0.717) is 31.0 Å². The topological polar surface area (TPSA) is 68.3 Å². The standard InChI is InChI=1S/C28H25F3N6O/c1-35-17-26(23-12-18(7-8-33-23)19-11-20-14-32-16-24(20)34-15-19)37(27(35)38)21-5-6-25(22(13-21)28(29,30)31)36-9-3-2-4-10-36/h5-8,11-15,17H,2-4,9-10,16H2,1H3. The summed E-state index contributed by atoms with van der Waals surface area (Å²) in [5.74, 6) is 0. The number of benzene rings is 1. The number of imidazole rings is 1. The van der Waals surface area contributed by atoms with Crippen LogP contribution < -0.4 is 10.6 Å². The maximum atomic E-state index is 14.2. The van der Waals surface area contributed by atoms with Gasteiger partial charge in [-0.15, -0.1) is 0 Å². The molecular formula is C28H25F3N6O. The number of fused-ring (bicyclic) bond motifs is 1. The van der Waals surface area contributed by atoms with Gasteiger partial charge in [-0.3, -0.25) is 19.5 Å². The Bertz CT molecular complexity index is 1610. The van der Waals surface area contributed by atoms with Crippen molar-refractivity contribution in [1.29, 1.82) is 0 Å². The molecule has 0 aliphatic carbocycles. The molecule has 4 aromatic rings. The molecule has 194 valence electrons. The van der Waals surface area contributed by atoms with E-state index in [1.165, 1.54) is 15.2 Å². The maximum absolute atomic E-state index is 14.2. The third-order valence-electron chi connectivity index (χ3n) is 7.12. The molecule has 0 unspecified atom stereocenters. The van der Waals surface area contributed by atoms with E-state index in [9.17, 15) is 18.0 Å². The molecule has 0 N–H and O–H groups in total. The highest BCUT2D eigenvalue weighted by Gasteiger charge is 2.36. The lowest BCUT2D eigenvalue weighted by Crippen LogP contribution is -2.31. The summed E-state index contributed by atoms with van der Waals surface area (Å²) < 4.78 is 45.3. The highest BCUT2D eigenvalue weighted by Crippen LogP contribution is 2.39. The van der Waals surface area contributed by atoms with Crippen LogP contribution in [0.2, 0.25) is 0 Å². The number of aromatic nitrogens is 4. The number of aliphatic imine (C=N–C) groups is 1. The van der Waals surface area contributed by atoms with E-state index < -0.39 is 17.4 Å². The molecule has 7 nitrogen and oxygen atoms in total. The second-order valence-corrected chi connectivity index (χ2v) is 9.65. The summed E-state index contributed by atoms with van der Waals surface area (Å²) >= 11 is 0. The normalized spacial score (nSPS) is 15.2. The summed E-state index contributed by atoms with van der Waals surface area (Å²) in [6.45, 7) is 1.72. The zero-order valence-electron chi connectivity index (χ0n) is 20.7. The molecule has 0 bridgehead atoms. The fourth-order valence-corrected chi connectivity index (χ4v) is 5.18. The van der Waals surface area contributed by atoms with E-state index in [1.54, 1.807) is 42.8 Å². The SMILES string of the molecule is Cn1cc(-c2cc(-c3cnc4c(c3)C=NC4)ccn2)n(-c2ccc(N3CCCCC3)c(C(F)(F)F)c2)c1=O. The first kappa shape index (κ1) is 24.1. The number of alkyl halides is 3. The van der Waals surface area contributed by atoms with Crippen molar-refractivity contribution in [2.45, 2.75) is 32.0 Å². The minimum Gasteiger partial charge on any atom is -0.371 e. The van der Waals surface area contributed by atoms with Crippen LogP contribution >= 0.6 is 0 Å². The Morgan fingerprint density at radius 1 is 0.947 bits per heavy atom. The molecule has 0 saturated carbocycles. The largest absolute Gasteiger partial charge is 0.418 e. The summed E-state index contributed by atoms with van der Waals surface area (Å²) in [6, 6.07) is 9.77. The Morgan fingerprint density at radius 2 is 1.76 bits per heavy atom.